The van der Waals surface area contributed by atoms with Gasteiger partial charge in [-0.3, -0.25) is 14.5 Å². The van der Waals surface area contributed by atoms with Crippen LogP contribution in [-0.4, -0.2) is 23.3 Å². The van der Waals surface area contributed by atoms with E-state index in [1.54, 1.807) is 6.92 Å². The SMILES string of the molecule is Cc1ccc([C@@]2(C)CC(=O)N(C[C@@H](C#N)CCC#N)C2=O)cc1. The lowest BCUT2D eigenvalue weighted by Gasteiger charge is -2.23. The van der Waals surface area contributed by atoms with Crippen molar-refractivity contribution in [2.45, 2.75) is 38.5 Å². The van der Waals surface area contributed by atoms with Gasteiger partial charge in [0.15, 0.2) is 0 Å². The van der Waals surface area contributed by atoms with Crippen molar-refractivity contribution < 1.29 is 9.59 Å². The number of aryl methyl sites for hydroxylation is 1. The molecule has 2 atom stereocenters. The maximum Gasteiger partial charge on any atom is 0.240 e. The number of rotatable bonds is 5. The number of carbonyl (C=O) groups excluding carboxylic acids is 2. The predicted molar refractivity (Wildman–Crippen MR) is 83.8 cm³/mol. The summed E-state index contributed by atoms with van der Waals surface area (Å²) in [4.78, 5) is 26.3. The zero-order valence-corrected chi connectivity index (χ0v) is 13.4. The Morgan fingerprint density at radius 1 is 1.26 bits per heavy atom. The van der Waals surface area contributed by atoms with Crippen LogP contribution in [0.5, 0.6) is 0 Å². The van der Waals surface area contributed by atoms with Gasteiger partial charge < -0.3 is 0 Å². The van der Waals surface area contributed by atoms with Crippen LogP contribution in [-0.2, 0) is 15.0 Å². The van der Waals surface area contributed by atoms with E-state index in [0.29, 0.717) is 6.42 Å². The van der Waals surface area contributed by atoms with Gasteiger partial charge in [0.2, 0.25) is 11.8 Å². The summed E-state index contributed by atoms with van der Waals surface area (Å²) >= 11 is 0. The Kier molecular flexibility index (Phi) is 4.81. The first kappa shape index (κ1) is 16.7. The van der Waals surface area contributed by atoms with E-state index >= 15 is 0 Å². The highest BCUT2D eigenvalue weighted by molar-refractivity contribution is 6.08. The van der Waals surface area contributed by atoms with Crippen molar-refractivity contribution in [1.82, 2.24) is 4.90 Å². The molecule has 0 spiro atoms. The van der Waals surface area contributed by atoms with Crippen LogP contribution in [0.3, 0.4) is 0 Å². The lowest BCUT2D eigenvalue weighted by atomic mass is 9.80. The van der Waals surface area contributed by atoms with Crippen LogP contribution in [0.1, 0.15) is 37.3 Å². The molecule has 23 heavy (non-hydrogen) atoms. The maximum absolute atomic E-state index is 12.8. The van der Waals surface area contributed by atoms with Crippen LogP contribution >= 0.6 is 0 Å². The van der Waals surface area contributed by atoms with Crippen LogP contribution in [0.15, 0.2) is 24.3 Å². The predicted octanol–water partition coefficient (Wildman–Crippen LogP) is 2.46. The molecule has 0 unspecified atom stereocenters. The minimum absolute atomic E-state index is 0.0668. The molecule has 5 heteroatoms. The first-order valence-corrected chi connectivity index (χ1v) is 7.61. The molecule has 1 aliphatic heterocycles. The van der Waals surface area contributed by atoms with Crippen LogP contribution in [0.4, 0.5) is 0 Å². The number of carbonyl (C=O) groups is 2. The van der Waals surface area contributed by atoms with Gasteiger partial charge in [-0.2, -0.15) is 10.5 Å². The first-order chi connectivity index (χ1) is 10.9. The van der Waals surface area contributed by atoms with Gasteiger partial charge in [-0.1, -0.05) is 29.8 Å². The number of nitrogens with zero attached hydrogens (tertiary/aromatic N) is 3. The lowest BCUT2D eigenvalue weighted by Crippen LogP contribution is -2.39. The van der Waals surface area contributed by atoms with Crippen molar-refractivity contribution in [2.75, 3.05) is 6.54 Å². The highest BCUT2D eigenvalue weighted by atomic mass is 16.2. The molecule has 0 bridgehead atoms. The summed E-state index contributed by atoms with van der Waals surface area (Å²) in [5.74, 6) is -1.01. The zero-order chi connectivity index (χ0) is 17.0. The number of likely N-dealkylation sites (tertiary alicyclic amines) is 1. The van der Waals surface area contributed by atoms with Gasteiger partial charge in [-0.15, -0.1) is 0 Å². The minimum atomic E-state index is -0.875. The van der Waals surface area contributed by atoms with Gasteiger partial charge in [-0.05, 0) is 25.8 Å². The quantitative estimate of drug-likeness (QED) is 0.782. The highest BCUT2D eigenvalue weighted by Crippen LogP contribution is 2.36. The third kappa shape index (κ3) is 3.24. The number of imide groups is 1. The Labute approximate surface area is 136 Å². The van der Waals surface area contributed by atoms with Crippen molar-refractivity contribution in [2.24, 2.45) is 5.92 Å². The standard InChI is InChI=1S/C18H19N3O2/c1-13-5-7-15(8-6-13)18(2)10-16(22)21(17(18)23)12-14(11-20)4-3-9-19/h5-8,14H,3-4,10,12H2,1-2H3/t14-,18-/m1/s1. The van der Waals surface area contributed by atoms with Gasteiger partial charge in [0, 0.05) is 19.4 Å². The van der Waals surface area contributed by atoms with Crippen LogP contribution in [0, 0.1) is 35.5 Å². The molecule has 1 fully saturated rings. The molecule has 5 nitrogen and oxygen atoms in total. The van der Waals surface area contributed by atoms with E-state index in [0.717, 1.165) is 11.1 Å². The molecule has 1 heterocycles. The largest absolute Gasteiger partial charge is 0.280 e. The zero-order valence-electron chi connectivity index (χ0n) is 13.4. The molecule has 0 radical (unpaired) electrons. The minimum Gasteiger partial charge on any atom is -0.280 e. The summed E-state index contributed by atoms with van der Waals surface area (Å²) < 4.78 is 0. The third-order valence-corrected chi connectivity index (χ3v) is 4.40. The van der Waals surface area contributed by atoms with Crippen molar-refractivity contribution in [1.29, 1.82) is 10.5 Å². The molecule has 1 aliphatic rings. The fourth-order valence-electron chi connectivity index (χ4n) is 2.87. The van der Waals surface area contributed by atoms with Crippen LogP contribution in [0.25, 0.3) is 0 Å². The molecule has 1 saturated heterocycles. The average Bonchev–Trinajstić information content (AvgIpc) is 2.75. The van der Waals surface area contributed by atoms with Crippen molar-refractivity contribution in [3.05, 3.63) is 35.4 Å². The number of nitriles is 2. The summed E-state index contributed by atoms with van der Waals surface area (Å²) in [6, 6.07) is 11.7. The van der Waals surface area contributed by atoms with Crippen molar-refractivity contribution >= 4 is 11.8 Å². The summed E-state index contributed by atoms with van der Waals surface area (Å²) in [6.45, 7) is 3.80. The molecule has 118 valence electrons. The summed E-state index contributed by atoms with van der Waals surface area (Å²) in [6.07, 6.45) is 0.722. The Bertz CT molecular complexity index is 696. The monoisotopic (exact) mass is 309 g/mol. The second kappa shape index (κ2) is 6.62. The van der Waals surface area contributed by atoms with E-state index in [1.165, 1.54) is 4.90 Å². The second-order valence-electron chi connectivity index (χ2n) is 6.21. The van der Waals surface area contributed by atoms with E-state index in [-0.39, 0.29) is 31.2 Å². The molecule has 1 aromatic carbocycles. The molecule has 0 N–H and O–H groups in total. The number of amides is 2. The van der Waals surface area contributed by atoms with E-state index in [1.807, 2.05) is 37.3 Å². The van der Waals surface area contributed by atoms with Crippen LogP contribution < -0.4 is 0 Å². The molecule has 1 aromatic rings. The molecule has 0 aromatic heterocycles. The van der Waals surface area contributed by atoms with Crippen molar-refractivity contribution in [3.8, 4) is 12.1 Å². The highest BCUT2D eigenvalue weighted by Gasteiger charge is 2.49. The number of hydrogen-bond acceptors (Lipinski definition) is 4. The maximum atomic E-state index is 12.8. The molecular weight excluding hydrogens is 290 g/mol. The van der Waals surface area contributed by atoms with Crippen molar-refractivity contribution in [3.63, 3.8) is 0 Å². The molecule has 0 aliphatic carbocycles. The van der Waals surface area contributed by atoms with E-state index in [2.05, 4.69) is 6.07 Å². The van der Waals surface area contributed by atoms with Gasteiger partial charge >= 0.3 is 0 Å². The van der Waals surface area contributed by atoms with Crippen LogP contribution in [0.2, 0.25) is 0 Å². The summed E-state index contributed by atoms with van der Waals surface area (Å²) in [7, 11) is 0. The molecule has 0 saturated carbocycles. The average molecular weight is 309 g/mol. The molecule has 2 amide bonds. The Morgan fingerprint density at radius 2 is 1.91 bits per heavy atom. The fraction of sp³-hybridized carbons (Fsp3) is 0.444. The third-order valence-electron chi connectivity index (χ3n) is 4.40. The van der Waals surface area contributed by atoms with E-state index in [4.69, 9.17) is 10.5 Å². The van der Waals surface area contributed by atoms with Gasteiger partial charge in [0.05, 0.1) is 23.5 Å². The summed E-state index contributed by atoms with van der Waals surface area (Å²) in [5.41, 5.74) is 1.03. The van der Waals surface area contributed by atoms with Gasteiger partial charge in [0.1, 0.15) is 0 Å². The topological polar surface area (TPSA) is 85.0 Å². The molecular formula is C18H19N3O2. The Hall–Kier alpha value is -2.66. The second-order valence-corrected chi connectivity index (χ2v) is 6.21. The Balaban J connectivity index is 2.21. The first-order valence-electron chi connectivity index (χ1n) is 7.61. The normalized spacial score (nSPS) is 21.8. The van der Waals surface area contributed by atoms with Gasteiger partial charge in [-0.25, -0.2) is 0 Å². The fourth-order valence-corrected chi connectivity index (χ4v) is 2.87. The van der Waals surface area contributed by atoms with E-state index < -0.39 is 11.3 Å². The Morgan fingerprint density at radius 3 is 2.48 bits per heavy atom. The lowest BCUT2D eigenvalue weighted by molar-refractivity contribution is -0.140. The number of benzene rings is 1. The number of hydrogen-bond donors (Lipinski definition) is 0. The van der Waals surface area contributed by atoms with E-state index in [9.17, 15) is 9.59 Å². The van der Waals surface area contributed by atoms with Gasteiger partial charge in [0.25, 0.3) is 0 Å². The summed E-state index contributed by atoms with van der Waals surface area (Å²) in [5, 5.41) is 17.8. The molecule has 2 rings (SSSR count). The smallest absolute Gasteiger partial charge is 0.240 e.